The molecule has 0 bridgehead atoms. The van der Waals surface area contributed by atoms with Crippen LogP contribution < -0.4 is 18.9 Å². The Balaban J connectivity index is 2.14. The van der Waals surface area contributed by atoms with E-state index in [4.69, 9.17) is 88.6 Å². The molecule has 0 saturated carbocycles. The van der Waals surface area contributed by atoms with Crippen LogP contribution in [-0.2, 0) is 0 Å². The molecule has 0 radical (unpaired) electrons. The summed E-state index contributed by atoms with van der Waals surface area (Å²) in [7, 11) is 0. The van der Waals surface area contributed by atoms with E-state index in [9.17, 15) is 4.79 Å². The van der Waals surface area contributed by atoms with Crippen LogP contribution in [0.15, 0.2) is 48.5 Å². The van der Waals surface area contributed by atoms with Gasteiger partial charge in [-0.25, -0.2) is 4.79 Å². The molecule has 0 fully saturated rings. The van der Waals surface area contributed by atoms with E-state index in [0.717, 1.165) is 0 Å². The van der Waals surface area contributed by atoms with Gasteiger partial charge in [-0.3, -0.25) is 0 Å². The summed E-state index contributed by atoms with van der Waals surface area (Å²) in [6.07, 6.45) is -1.12. The highest BCUT2D eigenvalue weighted by molar-refractivity contribution is 6.66. The van der Waals surface area contributed by atoms with Crippen molar-refractivity contribution in [2.75, 3.05) is 0 Å². The number of carbonyl (C=O) groups excluding carboxylic acids is 1. The average Bonchev–Trinajstić information content (AvgIpc) is 2.48. The van der Waals surface area contributed by atoms with Crippen molar-refractivity contribution in [3.63, 3.8) is 0 Å². The van der Waals surface area contributed by atoms with Gasteiger partial charge in [0.1, 0.15) is 0 Å². The Bertz CT molecular complexity index is 708. The molecule has 11 heteroatoms. The fourth-order valence-corrected chi connectivity index (χ4v) is 2.19. The first-order valence-electron chi connectivity index (χ1n) is 6.63. The molecule has 0 amide bonds. The average molecular weight is 481 g/mol. The van der Waals surface area contributed by atoms with Crippen LogP contribution in [-0.4, -0.2) is 14.1 Å². The van der Waals surface area contributed by atoms with Crippen LogP contribution in [0.3, 0.4) is 0 Å². The summed E-state index contributed by atoms with van der Waals surface area (Å²) >= 11 is 33.4. The third-order valence-electron chi connectivity index (χ3n) is 2.54. The van der Waals surface area contributed by atoms with Crippen molar-refractivity contribution in [2.45, 2.75) is 7.96 Å². The minimum absolute atomic E-state index is 0.00952. The summed E-state index contributed by atoms with van der Waals surface area (Å²) in [6.45, 7) is 0. The quantitative estimate of drug-likeness (QED) is 0.277. The van der Waals surface area contributed by atoms with E-state index in [2.05, 4.69) is 0 Å². The number of halogens is 6. The monoisotopic (exact) mass is 478 g/mol. The molecule has 0 atom stereocenters. The highest BCUT2D eigenvalue weighted by Crippen LogP contribution is 2.37. The molecule has 0 unspecified atom stereocenters. The van der Waals surface area contributed by atoms with Crippen LogP contribution in [0.4, 0.5) is 4.79 Å². The number of benzene rings is 2. The number of rotatable bonds is 4. The standard InChI is InChI=1S/C15H8Cl6O5/c16-14(17,18)25-11-7-3-1-5-9(11)23-13(22)24-10-6-2-4-8-12(10)26-15(19,20)21/h1-8H. The first-order valence-corrected chi connectivity index (χ1v) is 8.89. The SMILES string of the molecule is O=C(Oc1ccccc1OC(Cl)(Cl)Cl)Oc1ccccc1OC(Cl)(Cl)Cl. The van der Waals surface area contributed by atoms with Crippen molar-refractivity contribution in [1.29, 1.82) is 0 Å². The zero-order chi connectivity index (χ0) is 19.4. The van der Waals surface area contributed by atoms with Gasteiger partial charge in [-0.05, 0) is 93.9 Å². The van der Waals surface area contributed by atoms with Gasteiger partial charge in [0.25, 0.3) is 0 Å². The van der Waals surface area contributed by atoms with Gasteiger partial charge in [0.05, 0.1) is 0 Å². The smallest absolute Gasteiger partial charge is 0.442 e. The number of carbonyl (C=O) groups is 1. The Morgan fingerprint density at radius 1 is 0.615 bits per heavy atom. The van der Waals surface area contributed by atoms with Crippen LogP contribution in [0.1, 0.15) is 0 Å². The minimum atomic E-state index is -2.05. The van der Waals surface area contributed by atoms with Gasteiger partial charge in [-0.2, -0.15) is 0 Å². The maximum Gasteiger partial charge on any atom is 0.519 e. The summed E-state index contributed by atoms with van der Waals surface area (Å²) in [5.41, 5.74) is 0. The zero-order valence-corrected chi connectivity index (χ0v) is 17.0. The van der Waals surface area contributed by atoms with Crippen molar-refractivity contribution in [2.24, 2.45) is 0 Å². The van der Waals surface area contributed by atoms with E-state index < -0.39 is 14.1 Å². The molecule has 0 aromatic heterocycles. The second-order valence-electron chi connectivity index (χ2n) is 4.44. The lowest BCUT2D eigenvalue weighted by atomic mass is 10.3. The molecular weight excluding hydrogens is 473 g/mol. The first-order chi connectivity index (χ1) is 12.0. The van der Waals surface area contributed by atoms with Crippen LogP contribution >= 0.6 is 69.6 Å². The molecule has 2 aromatic carbocycles. The lowest BCUT2D eigenvalue weighted by Gasteiger charge is -2.17. The van der Waals surface area contributed by atoms with Gasteiger partial charge in [-0.15, -0.1) is 0 Å². The lowest BCUT2D eigenvalue weighted by Crippen LogP contribution is -2.18. The summed E-state index contributed by atoms with van der Waals surface area (Å²) in [5, 5.41) is 0. The molecule has 0 spiro atoms. The Morgan fingerprint density at radius 3 is 1.23 bits per heavy atom. The lowest BCUT2D eigenvalue weighted by molar-refractivity contribution is 0.146. The summed E-state index contributed by atoms with van der Waals surface area (Å²) in [6, 6.07) is 12.0. The molecule has 0 aliphatic rings. The van der Waals surface area contributed by atoms with E-state index in [-0.39, 0.29) is 23.0 Å². The van der Waals surface area contributed by atoms with Gasteiger partial charge < -0.3 is 18.9 Å². The predicted molar refractivity (Wildman–Crippen MR) is 101 cm³/mol. The molecule has 0 aliphatic carbocycles. The molecule has 26 heavy (non-hydrogen) atoms. The molecule has 2 rings (SSSR count). The Morgan fingerprint density at radius 2 is 0.923 bits per heavy atom. The normalized spacial score (nSPS) is 11.6. The number of ether oxygens (including phenoxy) is 4. The Labute approximate surface area is 178 Å². The van der Waals surface area contributed by atoms with Gasteiger partial charge in [-0.1, -0.05) is 24.3 Å². The Kier molecular flexibility index (Phi) is 7.25. The summed E-state index contributed by atoms with van der Waals surface area (Å²) < 4.78 is 16.2. The number of hydrogen-bond acceptors (Lipinski definition) is 5. The highest BCUT2D eigenvalue weighted by Gasteiger charge is 2.26. The van der Waals surface area contributed by atoms with E-state index in [1.807, 2.05) is 0 Å². The topological polar surface area (TPSA) is 54.0 Å². The second kappa shape index (κ2) is 8.83. The van der Waals surface area contributed by atoms with Crippen molar-refractivity contribution in [3.05, 3.63) is 48.5 Å². The molecule has 0 saturated heterocycles. The molecule has 2 aromatic rings. The summed E-state index contributed by atoms with van der Waals surface area (Å²) in [4.78, 5) is 12.1. The van der Waals surface area contributed by atoms with Crippen LogP contribution in [0, 0.1) is 0 Å². The molecule has 5 nitrogen and oxygen atoms in total. The fourth-order valence-electron chi connectivity index (χ4n) is 1.69. The van der Waals surface area contributed by atoms with Crippen molar-refractivity contribution < 1.29 is 23.7 Å². The predicted octanol–water partition coefficient (Wildman–Crippen LogP) is 6.68. The van der Waals surface area contributed by atoms with Crippen LogP contribution in [0.5, 0.6) is 23.0 Å². The van der Waals surface area contributed by atoms with E-state index in [1.165, 1.54) is 24.3 Å². The third kappa shape index (κ3) is 7.35. The third-order valence-corrected chi connectivity index (χ3v) is 3.00. The molecule has 0 heterocycles. The number of alkyl halides is 6. The van der Waals surface area contributed by atoms with E-state index in [1.54, 1.807) is 24.3 Å². The molecule has 140 valence electrons. The van der Waals surface area contributed by atoms with E-state index in [0.29, 0.717) is 0 Å². The van der Waals surface area contributed by atoms with Crippen molar-refractivity contribution in [3.8, 4) is 23.0 Å². The maximum absolute atomic E-state index is 12.1. The molecule has 0 aliphatic heterocycles. The van der Waals surface area contributed by atoms with Crippen molar-refractivity contribution in [1.82, 2.24) is 0 Å². The second-order valence-corrected chi connectivity index (χ2v) is 8.80. The number of para-hydroxylation sites is 4. The maximum atomic E-state index is 12.1. The minimum Gasteiger partial charge on any atom is -0.442 e. The van der Waals surface area contributed by atoms with Crippen LogP contribution in [0.25, 0.3) is 0 Å². The van der Waals surface area contributed by atoms with E-state index >= 15 is 0 Å². The molecule has 0 N–H and O–H groups in total. The fraction of sp³-hybridized carbons (Fsp3) is 0.133. The number of hydrogen-bond donors (Lipinski definition) is 0. The van der Waals surface area contributed by atoms with Gasteiger partial charge in [0, 0.05) is 0 Å². The van der Waals surface area contributed by atoms with Gasteiger partial charge in [0.2, 0.25) is 0 Å². The highest BCUT2D eigenvalue weighted by atomic mass is 35.6. The summed E-state index contributed by atoms with van der Waals surface area (Å²) in [5.74, 6) is -0.0576. The Hall–Kier alpha value is -0.950. The zero-order valence-electron chi connectivity index (χ0n) is 12.4. The largest absolute Gasteiger partial charge is 0.519 e. The van der Waals surface area contributed by atoms with Gasteiger partial charge >= 0.3 is 14.1 Å². The first kappa shape index (κ1) is 21.4. The van der Waals surface area contributed by atoms with Crippen LogP contribution in [0.2, 0.25) is 0 Å². The van der Waals surface area contributed by atoms with Gasteiger partial charge in [0.15, 0.2) is 23.0 Å². The molecular formula is C15H8Cl6O5. The van der Waals surface area contributed by atoms with Crippen molar-refractivity contribution >= 4 is 75.8 Å².